The maximum absolute atomic E-state index is 12.4. The van der Waals surface area contributed by atoms with Gasteiger partial charge in [0, 0.05) is 24.2 Å². The number of nitrogens with zero attached hydrogens (tertiary/aromatic N) is 2. The number of benzene rings is 1. The summed E-state index contributed by atoms with van der Waals surface area (Å²) < 4.78 is 23.0. The Balaban J connectivity index is 1.79. The molecule has 0 atom stereocenters. The summed E-state index contributed by atoms with van der Waals surface area (Å²) in [6, 6.07) is 10.2. The molecule has 1 aliphatic heterocycles. The second-order valence-corrected chi connectivity index (χ2v) is 11.1. The van der Waals surface area contributed by atoms with Crippen molar-refractivity contribution in [1.29, 1.82) is 0 Å². The minimum absolute atomic E-state index is 0.287. The lowest BCUT2D eigenvalue weighted by molar-refractivity contribution is 0.101. The number of Topliss-reactive ketones (excluding diaryl/α,β-unsaturated/α-hetero) is 1. The Morgan fingerprint density at radius 2 is 1.93 bits per heavy atom. The maximum Gasteiger partial charge on any atom is 0.197 e. The zero-order chi connectivity index (χ0) is 20.9. The molecular formula is C21H29N3O3S2. The zero-order valence-corrected chi connectivity index (χ0v) is 18.7. The highest BCUT2D eigenvalue weighted by Gasteiger charge is 2.23. The van der Waals surface area contributed by atoms with E-state index < -0.39 is 21.4 Å². The van der Waals surface area contributed by atoms with E-state index >= 15 is 0 Å². The van der Waals surface area contributed by atoms with Gasteiger partial charge in [0.1, 0.15) is 11.4 Å². The molecule has 3 rings (SSSR count). The molecule has 2 aromatic rings. The van der Waals surface area contributed by atoms with Crippen LogP contribution in [0.15, 0.2) is 30.3 Å². The van der Waals surface area contributed by atoms with Crippen molar-refractivity contribution in [3.05, 3.63) is 46.5 Å². The van der Waals surface area contributed by atoms with Crippen molar-refractivity contribution in [2.24, 2.45) is 5.92 Å². The van der Waals surface area contributed by atoms with Gasteiger partial charge in [0.25, 0.3) is 0 Å². The number of ketones is 1. The van der Waals surface area contributed by atoms with Crippen LogP contribution in [0, 0.1) is 12.8 Å². The summed E-state index contributed by atoms with van der Waals surface area (Å²) in [5.74, 6) is -0.224. The number of hydrogen-bond acceptors (Lipinski definition) is 7. The summed E-state index contributed by atoms with van der Waals surface area (Å²) in [5, 5.41) is 4.19. The van der Waals surface area contributed by atoms with Crippen LogP contribution in [0.5, 0.6) is 0 Å². The smallest absolute Gasteiger partial charge is 0.197 e. The molecule has 6 nitrogen and oxygen atoms in total. The molecule has 8 heteroatoms. The number of thiazole rings is 1. The molecule has 0 unspecified atom stereocenters. The van der Waals surface area contributed by atoms with Gasteiger partial charge in [0.05, 0.1) is 0 Å². The molecule has 29 heavy (non-hydrogen) atoms. The minimum Gasteiger partial charge on any atom is -0.344 e. The van der Waals surface area contributed by atoms with Crippen molar-refractivity contribution in [1.82, 2.24) is 10.3 Å². The van der Waals surface area contributed by atoms with Crippen LogP contribution in [0.1, 0.15) is 40.2 Å². The van der Waals surface area contributed by atoms with Crippen LogP contribution in [0.4, 0.5) is 5.13 Å². The van der Waals surface area contributed by atoms with Crippen molar-refractivity contribution in [3.8, 4) is 0 Å². The van der Waals surface area contributed by atoms with E-state index in [4.69, 9.17) is 0 Å². The number of sulfone groups is 1. The Kier molecular flexibility index (Phi) is 7.43. The average Bonchev–Trinajstić information content (AvgIpc) is 3.07. The Hall–Kier alpha value is -1.77. The third-order valence-corrected chi connectivity index (χ3v) is 7.01. The van der Waals surface area contributed by atoms with Crippen LogP contribution in [-0.2, 0) is 16.4 Å². The highest BCUT2D eigenvalue weighted by molar-refractivity contribution is 7.91. The monoisotopic (exact) mass is 435 g/mol. The lowest BCUT2D eigenvalue weighted by Crippen LogP contribution is -2.31. The molecule has 158 valence electrons. The van der Waals surface area contributed by atoms with Crippen molar-refractivity contribution < 1.29 is 13.2 Å². The summed E-state index contributed by atoms with van der Waals surface area (Å²) in [6.07, 6.45) is 4.54. The molecule has 1 N–H and O–H groups in total. The molecule has 0 radical (unpaired) electrons. The topological polar surface area (TPSA) is 79.4 Å². The van der Waals surface area contributed by atoms with Crippen LogP contribution < -0.4 is 10.2 Å². The van der Waals surface area contributed by atoms with Crippen LogP contribution >= 0.6 is 11.3 Å². The minimum atomic E-state index is -3.38. The van der Waals surface area contributed by atoms with Crippen LogP contribution in [0.25, 0.3) is 0 Å². The van der Waals surface area contributed by atoms with E-state index in [9.17, 15) is 13.2 Å². The summed E-state index contributed by atoms with van der Waals surface area (Å²) in [4.78, 5) is 20.0. The normalized spacial score (nSPS) is 15.4. The molecule has 0 aliphatic carbocycles. The fourth-order valence-electron chi connectivity index (χ4n) is 3.64. The van der Waals surface area contributed by atoms with Gasteiger partial charge in [-0.1, -0.05) is 30.3 Å². The molecule has 0 bridgehead atoms. The second-order valence-electron chi connectivity index (χ2n) is 7.78. The van der Waals surface area contributed by atoms with Gasteiger partial charge >= 0.3 is 0 Å². The quantitative estimate of drug-likeness (QED) is 0.610. The third kappa shape index (κ3) is 6.62. The van der Waals surface area contributed by atoms with Crippen molar-refractivity contribution >= 4 is 32.1 Å². The first-order valence-corrected chi connectivity index (χ1v) is 12.9. The maximum atomic E-state index is 12.4. The van der Waals surface area contributed by atoms with Crippen molar-refractivity contribution in [2.75, 3.05) is 36.5 Å². The largest absolute Gasteiger partial charge is 0.344 e. The molecule has 2 heterocycles. The molecular weight excluding hydrogens is 406 g/mol. The molecule has 1 aromatic heterocycles. The van der Waals surface area contributed by atoms with Crippen molar-refractivity contribution in [3.63, 3.8) is 0 Å². The predicted octanol–water partition coefficient (Wildman–Crippen LogP) is 3.08. The van der Waals surface area contributed by atoms with E-state index in [0.29, 0.717) is 5.92 Å². The lowest BCUT2D eigenvalue weighted by Gasteiger charge is -2.27. The second kappa shape index (κ2) is 9.82. The zero-order valence-electron chi connectivity index (χ0n) is 17.1. The number of nitrogens with one attached hydrogen (secondary N) is 1. The fraction of sp³-hybridized carbons (Fsp3) is 0.524. The lowest BCUT2D eigenvalue weighted by atomic mass is 9.94. The Labute approximate surface area is 177 Å². The molecule has 0 spiro atoms. The Morgan fingerprint density at radius 1 is 1.24 bits per heavy atom. The summed E-state index contributed by atoms with van der Waals surface area (Å²) >= 11 is 1.47. The Morgan fingerprint density at radius 3 is 2.59 bits per heavy atom. The van der Waals surface area contributed by atoms with Gasteiger partial charge in [-0.25, -0.2) is 13.4 Å². The Bertz CT molecular complexity index is 920. The highest BCUT2D eigenvalue weighted by atomic mass is 32.2. The number of aromatic nitrogens is 1. The van der Waals surface area contributed by atoms with Gasteiger partial charge in [0.15, 0.2) is 20.8 Å². The van der Waals surface area contributed by atoms with Gasteiger partial charge in [-0.05, 0) is 50.8 Å². The molecule has 1 fully saturated rings. The number of piperidine rings is 1. The van der Waals surface area contributed by atoms with E-state index in [2.05, 4.69) is 27.3 Å². The molecule has 1 aromatic carbocycles. The van der Waals surface area contributed by atoms with E-state index in [1.165, 1.54) is 29.7 Å². The number of anilines is 1. The fourth-order valence-corrected chi connectivity index (χ4v) is 5.20. The number of rotatable bonds is 9. The van der Waals surface area contributed by atoms with Gasteiger partial charge in [-0.3, -0.25) is 4.79 Å². The summed E-state index contributed by atoms with van der Waals surface area (Å²) in [7, 11) is -3.38. The highest BCUT2D eigenvalue weighted by Crippen LogP contribution is 2.29. The number of carbonyl (C=O) groups is 1. The third-order valence-electron chi connectivity index (χ3n) is 5.20. The molecule has 1 aliphatic rings. The SMILES string of the molecule is Cc1sc(N(CCC2CCNCC2)Cc2ccccc2)nc1C(=O)CS(C)(=O)=O. The first-order valence-electron chi connectivity index (χ1n) is 10.00. The van der Waals surface area contributed by atoms with Gasteiger partial charge < -0.3 is 10.2 Å². The van der Waals surface area contributed by atoms with E-state index in [1.807, 2.05) is 25.1 Å². The van der Waals surface area contributed by atoms with E-state index in [-0.39, 0.29) is 5.69 Å². The first-order chi connectivity index (χ1) is 13.8. The summed E-state index contributed by atoms with van der Waals surface area (Å²) in [5.41, 5.74) is 1.48. The first kappa shape index (κ1) is 21.9. The standard InChI is InChI=1S/C21H29N3O3S2/c1-16-20(19(25)15-29(2,26)27)23-21(28-16)24(14-18-6-4-3-5-7-18)13-10-17-8-11-22-12-9-17/h3-7,17,22H,8-15H2,1-2H3. The number of aryl methyl sites for hydroxylation is 1. The summed E-state index contributed by atoms with van der Waals surface area (Å²) in [6.45, 7) is 5.57. The predicted molar refractivity (Wildman–Crippen MR) is 119 cm³/mol. The molecule has 0 amide bonds. The van der Waals surface area contributed by atoms with E-state index in [1.54, 1.807) is 0 Å². The van der Waals surface area contributed by atoms with Crippen LogP contribution in [0.3, 0.4) is 0 Å². The van der Waals surface area contributed by atoms with E-state index in [0.717, 1.165) is 48.9 Å². The van der Waals surface area contributed by atoms with Gasteiger partial charge in [-0.15, -0.1) is 11.3 Å². The van der Waals surface area contributed by atoms with Crippen molar-refractivity contribution in [2.45, 2.75) is 32.7 Å². The number of hydrogen-bond donors (Lipinski definition) is 1. The average molecular weight is 436 g/mol. The number of carbonyl (C=O) groups excluding carboxylic acids is 1. The van der Waals surface area contributed by atoms with Gasteiger partial charge in [-0.2, -0.15) is 0 Å². The molecule has 0 saturated carbocycles. The van der Waals surface area contributed by atoms with Gasteiger partial charge in [0.2, 0.25) is 0 Å². The molecule has 1 saturated heterocycles. The van der Waals surface area contributed by atoms with Crippen LogP contribution in [0.2, 0.25) is 0 Å². The van der Waals surface area contributed by atoms with Crippen LogP contribution in [-0.4, -0.2) is 50.8 Å².